The molecule has 1 amide bonds. The Morgan fingerprint density at radius 3 is 2.79 bits per heavy atom. The topological polar surface area (TPSA) is 79.3 Å². The molecular formula is C12H14ClFN2O3. The first-order valence-corrected chi connectivity index (χ1v) is 6.19. The number of amides is 1. The number of hydrogen-bond acceptors (Lipinski definition) is 3. The molecule has 0 unspecified atom stereocenters. The molecule has 0 aromatic carbocycles. The fourth-order valence-corrected chi connectivity index (χ4v) is 1.65. The highest BCUT2D eigenvalue weighted by Crippen LogP contribution is 2.13. The number of unbranched alkanes of at least 4 members (excludes halogenated alkanes) is 2. The summed E-state index contributed by atoms with van der Waals surface area (Å²) in [6.45, 7) is 0.380. The van der Waals surface area contributed by atoms with Gasteiger partial charge in [-0.2, -0.15) is 0 Å². The summed E-state index contributed by atoms with van der Waals surface area (Å²) in [7, 11) is 0. The predicted octanol–water partition coefficient (Wildman–Crippen LogP) is 2.25. The van der Waals surface area contributed by atoms with E-state index in [1.165, 1.54) is 0 Å². The molecule has 1 rings (SSSR count). The molecule has 0 saturated heterocycles. The fourth-order valence-electron chi connectivity index (χ4n) is 1.46. The average Bonchev–Trinajstić information content (AvgIpc) is 2.36. The quantitative estimate of drug-likeness (QED) is 0.596. The summed E-state index contributed by atoms with van der Waals surface area (Å²) >= 11 is 5.68. The lowest BCUT2D eigenvalue weighted by Gasteiger charge is -2.06. The van der Waals surface area contributed by atoms with Gasteiger partial charge in [0.15, 0.2) is 0 Å². The Morgan fingerprint density at radius 2 is 2.11 bits per heavy atom. The molecular weight excluding hydrogens is 275 g/mol. The number of pyridine rings is 1. The average molecular weight is 289 g/mol. The van der Waals surface area contributed by atoms with Crippen LogP contribution in [-0.2, 0) is 4.79 Å². The van der Waals surface area contributed by atoms with Crippen LogP contribution in [0, 0.1) is 5.82 Å². The maximum atomic E-state index is 12.9. The van der Waals surface area contributed by atoms with Crippen molar-refractivity contribution in [3.05, 3.63) is 28.8 Å². The molecule has 5 nitrogen and oxygen atoms in total. The van der Waals surface area contributed by atoms with Crippen molar-refractivity contribution in [1.29, 1.82) is 0 Å². The van der Waals surface area contributed by atoms with Gasteiger partial charge in [-0.25, -0.2) is 9.37 Å². The van der Waals surface area contributed by atoms with Crippen molar-refractivity contribution in [2.24, 2.45) is 0 Å². The molecule has 1 aromatic heterocycles. The van der Waals surface area contributed by atoms with Crippen molar-refractivity contribution >= 4 is 23.5 Å². The minimum Gasteiger partial charge on any atom is -0.481 e. The van der Waals surface area contributed by atoms with Crippen molar-refractivity contribution in [1.82, 2.24) is 10.3 Å². The summed E-state index contributed by atoms with van der Waals surface area (Å²) in [4.78, 5) is 25.5. The molecule has 0 aliphatic heterocycles. The van der Waals surface area contributed by atoms with E-state index < -0.39 is 17.7 Å². The number of carboxylic acid groups (broad SMARTS) is 1. The second-order valence-electron chi connectivity index (χ2n) is 3.95. The van der Waals surface area contributed by atoms with Crippen LogP contribution in [-0.4, -0.2) is 28.5 Å². The second kappa shape index (κ2) is 7.68. The number of nitrogens with one attached hydrogen (secondary N) is 1. The lowest BCUT2D eigenvalue weighted by molar-refractivity contribution is -0.137. The van der Waals surface area contributed by atoms with Crippen molar-refractivity contribution in [2.75, 3.05) is 6.54 Å². The van der Waals surface area contributed by atoms with Crippen LogP contribution in [0.2, 0.25) is 5.15 Å². The molecule has 104 valence electrons. The van der Waals surface area contributed by atoms with Gasteiger partial charge in [-0.3, -0.25) is 9.59 Å². The number of hydrogen-bond donors (Lipinski definition) is 2. The number of aromatic nitrogens is 1. The van der Waals surface area contributed by atoms with Gasteiger partial charge in [0.1, 0.15) is 11.0 Å². The number of carbonyl (C=O) groups excluding carboxylic acids is 1. The van der Waals surface area contributed by atoms with Crippen LogP contribution >= 0.6 is 11.6 Å². The summed E-state index contributed by atoms with van der Waals surface area (Å²) in [5.74, 6) is -1.95. The molecule has 1 aromatic rings. The maximum Gasteiger partial charge on any atom is 0.303 e. The van der Waals surface area contributed by atoms with E-state index in [0.717, 1.165) is 12.3 Å². The maximum absolute atomic E-state index is 12.9. The Kier molecular flexibility index (Phi) is 6.21. The van der Waals surface area contributed by atoms with Crippen LogP contribution in [0.1, 0.15) is 36.0 Å². The molecule has 1 heterocycles. The van der Waals surface area contributed by atoms with Gasteiger partial charge in [-0.1, -0.05) is 18.0 Å². The third-order valence-corrected chi connectivity index (χ3v) is 2.70. The van der Waals surface area contributed by atoms with Gasteiger partial charge >= 0.3 is 5.97 Å². The Hall–Kier alpha value is -1.69. The molecule has 0 atom stereocenters. The monoisotopic (exact) mass is 288 g/mol. The van der Waals surface area contributed by atoms with Gasteiger partial charge in [0.25, 0.3) is 5.91 Å². The van der Waals surface area contributed by atoms with Gasteiger partial charge in [0, 0.05) is 13.0 Å². The summed E-state index contributed by atoms with van der Waals surface area (Å²) in [6, 6.07) is 1.02. The van der Waals surface area contributed by atoms with Crippen molar-refractivity contribution in [3.8, 4) is 0 Å². The van der Waals surface area contributed by atoms with Gasteiger partial charge in [-0.05, 0) is 18.9 Å². The number of carboxylic acids is 1. The zero-order chi connectivity index (χ0) is 14.3. The highest BCUT2D eigenvalue weighted by atomic mass is 35.5. The highest BCUT2D eigenvalue weighted by Gasteiger charge is 2.11. The molecule has 0 fully saturated rings. The smallest absolute Gasteiger partial charge is 0.303 e. The zero-order valence-electron chi connectivity index (χ0n) is 10.2. The van der Waals surface area contributed by atoms with E-state index in [4.69, 9.17) is 16.7 Å². The number of aliphatic carboxylic acids is 1. The summed E-state index contributed by atoms with van der Waals surface area (Å²) in [5.41, 5.74) is -0.00722. The molecule has 0 spiro atoms. The van der Waals surface area contributed by atoms with Gasteiger partial charge < -0.3 is 10.4 Å². The zero-order valence-corrected chi connectivity index (χ0v) is 10.9. The molecule has 0 bridgehead atoms. The lowest BCUT2D eigenvalue weighted by atomic mass is 10.2. The molecule has 0 saturated carbocycles. The van der Waals surface area contributed by atoms with E-state index in [-0.39, 0.29) is 17.1 Å². The Balaban J connectivity index is 2.31. The summed E-state index contributed by atoms with van der Waals surface area (Å²) < 4.78 is 12.9. The third kappa shape index (κ3) is 5.65. The van der Waals surface area contributed by atoms with E-state index in [1.807, 2.05) is 0 Å². The second-order valence-corrected chi connectivity index (χ2v) is 4.31. The van der Waals surface area contributed by atoms with Crippen LogP contribution in [0.25, 0.3) is 0 Å². The summed E-state index contributed by atoms with van der Waals surface area (Å²) in [5, 5.41) is 11.0. The normalized spacial score (nSPS) is 10.2. The Labute approximate surface area is 114 Å². The molecule has 0 radical (unpaired) electrons. The van der Waals surface area contributed by atoms with Crippen LogP contribution in [0.5, 0.6) is 0 Å². The van der Waals surface area contributed by atoms with Crippen LogP contribution in [0.3, 0.4) is 0 Å². The number of carbonyl (C=O) groups is 2. The largest absolute Gasteiger partial charge is 0.481 e. The van der Waals surface area contributed by atoms with Crippen LogP contribution in [0.4, 0.5) is 4.39 Å². The third-order valence-electron chi connectivity index (χ3n) is 2.40. The summed E-state index contributed by atoms with van der Waals surface area (Å²) in [6.07, 6.45) is 2.97. The van der Waals surface area contributed by atoms with Crippen molar-refractivity contribution in [3.63, 3.8) is 0 Å². The number of nitrogens with zero attached hydrogens (tertiary/aromatic N) is 1. The van der Waals surface area contributed by atoms with E-state index >= 15 is 0 Å². The lowest BCUT2D eigenvalue weighted by Crippen LogP contribution is -2.25. The predicted molar refractivity (Wildman–Crippen MR) is 67.6 cm³/mol. The Morgan fingerprint density at radius 1 is 1.37 bits per heavy atom. The number of rotatable bonds is 7. The molecule has 0 aliphatic carbocycles. The van der Waals surface area contributed by atoms with Crippen molar-refractivity contribution in [2.45, 2.75) is 25.7 Å². The van der Waals surface area contributed by atoms with Crippen LogP contribution in [0.15, 0.2) is 12.3 Å². The first-order chi connectivity index (χ1) is 9.00. The standard InChI is InChI=1S/C12H14ClFN2O3/c13-11-9(6-8(14)7-16-11)12(19)15-5-3-1-2-4-10(17)18/h6-7H,1-5H2,(H,15,19)(H,17,18). The van der Waals surface area contributed by atoms with Gasteiger partial charge in [0.2, 0.25) is 0 Å². The minimum atomic E-state index is -0.832. The number of halogens is 2. The Bertz CT molecular complexity index is 468. The van der Waals surface area contributed by atoms with E-state index in [9.17, 15) is 14.0 Å². The van der Waals surface area contributed by atoms with E-state index in [1.54, 1.807) is 0 Å². The SMILES string of the molecule is O=C(O)CCCCCNC(=O)c1cc(F)cnc1Cl. The van der Waals surface area contributed by atoms with Crippen LogP contribution < -0.4 is 5.32 Å². The highest BCUT2D eigenvalue weighted by molar-refractivity contribution is 6.32. The van der Waals surface area contributed by atoms with Crippen molar-refractivity contribution < 1.29 is 19.1 Å². The minimum absolute atomic E-state index is 0.00722. The molecule has 0 aliphatic rings. The molecule has 7 heteroatoms. The van der Waals surface area contributed by atoms with E-state index in [2.05, 4.69) is 10.3 Å². The molecule has 2 N–H and O–H groups in total. The fraction of sp³-hybridized carbons (Fsp3) is 0.417. The van der Waals surface area contributed by atoms with Gasteiger partial charge in [-0.15, -0.1) is 0 Å². The molecule has 19 heavy (non-hydrogen) atoms. The first kappa shape index (κ1) is 15.4. The van der Waals surface area contributed by atoms with Gasteiger partial charge in [0.05, 0.1) is 11.8 Å². The first-order valence-electron chi connectivity index (χ1n) is 5.81. The van der Waals surface area contributed by atoms with E-state index in [0.29, 0.717) is 25.8 Å².